The van der Waals surface area contributed by atoms with Crippen molar-refractivity contribution in [3.05, 3.63) is 11.8 Å². The van der Waals surface area contributed by atoms with Crippen LogP contribution in [-0.2, 0) is 6.18 Å². The molecule has 0 aromatic carbocycles. The SMILES string of the molecule is CCOc1ncc(C(F)(F)F)c(OCC(F)(F)F)n1. The molecule has 0 amide bonds. The highest BCUT2D eigenvalue weighted by molar-refractivity contribution is 5.28. The van der Waals surface area contributed by atoms with Crippen LogP contribution in [0.4, 0.5) is 26.3 Å². The van der Waals surface area contributed by atoms with Gasteiger partial charge in [0, 0.05) is 0 Å². The Bertz CT molecular complexity index is 432. The van der Waals surface area contributed by atoms with Crippen LogP contribution in [0, 0.1) is 0 Å². The zero-order valence-electron chi connectivity index (χ0n) is 9.47. The third-order valence-electron chi connectivity index (χ3n) is 1.68. The highest BCUT2D eigenvalue weighted by Gasteiger charge is 2.38. The Morgan fingerprint density at radius 3 is 2.21 bits per heavy atom. The molecule has 0 bridgehead atoms. The normalized spacial score (nSPS) is 12.4. The Hall–Kier alpha value is -1.74. The molecule has 0 unspecified atom stereocenters. The average Bonchev–Trinajstić information content (AvgIpc) is 2.24. The molecule has 10 heteroatoms. The summed E-state index contributed by atoms with van der Waals surface area (Å²) in [5, 5.41) is 0. The molecule has 1 heterocycles. The lowest BCUT2D eigenvalue weighted by Crippen LogP contribution is -2.22. The molecule has 0 aliphatic rings. The van der Waals surface area contributed by atoms with Crippen molar-refractivity contribution in [2.24, 2.45) is 0 Å². The fourth-order valence-electron chi connectivity index (χ4n) is 1.00. The van der Waals surface area contributed by atoms with Gasteiger partial charge in [0.25, 0.3) is 0 Å². The second-order valence-electron chi connectivity index (χ2n) is 3.21. The summed E-state index contributed by atoms with van der Waals surface area (Å²) in [6.45, 7) is -0.333. The molecule has 0 N–H and O–H groups in total. The predicted molar refractivity (Wildman–Crippen MR) is 49.8 cm³/mol. The van der Waals surface area contributed by atoms with Gasteiger partial charge in [0.05, 0.1) is 12.8 Å². The Kier molecular flexibility index (Phi) is 4.43. The topological polar surface area (TPSA) is 44.2 Å². The van der Waals surface area contributed by atoms with Crippen LogP contribution in [0.5, 0.6) is 11.9 Å². The van der Waals surface area contributed by atoms with Gasteiger partial charge in [0.15, 0.2) is 6.61 Å². The molecule has 0 saturated carbocycles. The van der Waals surface area contributed by atoms with Gasteiger partial charge in [-0.15, -0.1) is 0 Å². The van der Waals surface area contributed by atoms with E-state index in [1.165, 1.54) is 6.92 Å². The molecule has 0 saturated heterocycles. The van der Waals surface area contributed by atoms with Crippen molar-refractivity contribution >= 4 is 0 Å². The van der Waals surface area contributed by atoms with E-state index in [9.17, 15) is 26.3 Å². The van der Waals surface area contributed by atoms with Crippen LogP contribution in [-0.4, -0.2) is 29.4 Å². The smallest absolute Gasteiger partial charge is 0.423 e. The molecule has 1 aromatic rings. The Morgan fingerprint density at radius 2 is 1.74 bits per heavy atom. The number of hydrogen-bond acceptors (Lipinski definition) is 4. The maximum Gasteiger partial charge on any atom is 0.423 e. The highest BCUT2D eigenvalue weighted by atomic mass is 19.4. The molecule has 0 aliphatic heterocycles. The molecule has 0 fully saturated rings. The lowest BCUT2D eigenvalue weighted by molar-refractivity contribution is -0.159. The number of aromatic nitrogens is 2. The maximum atomic E-state index is 12.5. The van der Waals surface area contributed by atoms with Gasteiger partial charge in [0.2, 0.25) is 5.88 Å². The van der Waals surface area contributed by atoms with E-state index in [-0.39, 0.29) is 6.61 Å². The average molecular weight is 290 g/mol. The van der Waals surface area contributed by atoms with Gasteiger partial charge < -0.3 is 9.47 Å². The predicted octanol–water partition coefficient (Wildman–Crippen LogP) is 2.84. The van der Waals surface area contributed by atoms with Crippen LogP contribution >= 0.6 is 0 Å². The summed E-state index contributed by atoms with van der Waals surface area (Å²) in [5.41, 5.74) is -1.50. The molecule has 0 radical (unpaired) electrons. The first-order chi connectivity index (χ1) is 8.63. The second kappa shape index (κ2) is 5.49. The first kappa shape index (κ1) is 15.3. The number of nitrogens with zero attached hydrogens (tertiary/aromatic N) is 2. The minimum Gasteiger partial charge on any atom is -0.467 e. The molecular formula is C9H8F6N2O2. The van der Waals surface area contributed by atoms with Crippen LogP contribution in [0.1, 0.15) is 12.5 Å². The summed E-state index contributed by atoms with van der Waals surface area (Å²) in [6.07, 6.45) is -9.39. The molecule has 0 spiro atoms. The minimum absolute atomic E-state index is 0.0457. The van der Waals surface area contributed by atoms with E-state index in [1.54, 1.807) is 0 Å². The van der Waals surface area contributed by atoms with Crippen molar-refractivity contribution in [1.29, 1.82) is 0 Å². The molecule has 108 valence electrons. The molecule has 0 atom stereocenters. The molecule has 19 heavy (non-hydrogen) atoms. The zero-order chi connectivity index (χ0) is 14.7. The van der Waals surface area contributed by atoms with Crippen molar-refractivity contribution in [1.82, 2.24) is 9.97 Å². The summed E-state index contributed by atoms with van der Waals surface area (Å²) >= 11 is 0. The van der Waals surface area contributed by atoms with E-state index in [0.29, 0.717) is 6.20 Å². The summed E-state index contributed by atoms with van der Waals surface area (Å²) in [4.78, 5) is 6.38. The van der Waals surface area contributed by atoms with E-state index in [0.717, 1.165) is 0 Å². The summed E-state index contributed by atoms with van der Waals surface area (Å²) < 4.78 is 82.1. The highest BCUT2D eigenvalue weighted by Crippen LogP contribution is 2.35. The van der Waals surface area contributed by atoms with Gasteiger partial charge >= 0.3 is 18.4 Å². The van der Waals surface area contributed by atoms with E-state index >= 15 is 0 Å². The van der Waals surface area contributed by atoms with Crippen molar-refractivity contribution in [3.63, 3.8) is 0 Å². The summed E-state index contributed by atoms with van der Waals surface area (Å²) in [7, 11) is 0. The Labute approximate surface area is 103 Å². The minimum atomic E-state index is -4.92. The van der Waals surface area contributed by atoms with Gasteiger partial charge in [-0.3, -0.25) is 0 Å². The Balaban J connectivity index is 3.04. The van der Waals surface area contributed by atoms with Crippen molar-refractivity contribution in [2.75, 3.05) is 13.2 Å². The van der Waals surface area contributed by atoms with Crippen molar-refractivity contribution < 1.29 is 35.8 Å². The van der Waals surface area contributed by atoms with E-state index in [1.807, 2.05) is 0 Å². The van der Waals surface area contributed by atoms with Crippen LogP contribution in [0.2, 0.25) is 0 Å². The first-order valence-electron chi connectivity index (χ1n) is 4.90. The molecule has 1 rings (SSSR count). The number of ether oxygens (including phenoxy) is 2. The van der Waals surface area contributed by atoms with Gasteiger partial charge in [-0.25, -0.2) is 4.98 Å². The van der Waals surface area contributed by atoms with Gasteiger partial charge in [0.1, 0.15) is 5.56 Å². The van der Waals surface area contributed by atoms with E-state index in [4.69, 9.17) is 4.74 Å². The van der Waals surface area contributed by atoms with Crippen LogP contribution < -0.4 is 9.47 Å². The quantitative estimate of drug-likeness (QED) is 0.800. The van der Waals surface area contributed by atoms with Crippen LogP contribution in [0.3, 0.4) is 0 Å². The third kappa shape index (κ3) is 4.79. The van der Waals surface area contributed by atoms with Crippen LogP contribution in [0.15, 0.2) is 6.20 Å². The molecule has 4 nitrogen and oxygen atoms in total. The Morgan fingerprint density at radius 1 is 1.11 bits per heavy atom. The first-order valence-corrected chi connectivity index (χ1v) is 4.90. The lowest BCUT2D eigenvalue weighted by Gasteiger charge is -2.14. The zero-order valence-corrected chi connectivity index (χ0v) is 9.47. The number of hydrogen-bond donors (Lipinski definition) is 0. The number of alkyl halides is 6. The monoisotopic (exact) mass is 290 g/mol. The largest absolute Gasteiger partial charge is 0.467 e. The maximum absolute atomic E-state index is 12.5. The second-order valence-corrected chi connectivity index (χ2v) is 3.21. The summed E-state index contributed by atoms with van der Waals surface area (Å²) in [5.74, 6) is -1.22. The van der Waals surface area contributed by atoms with E-state index in [2.05, 4.69) is 14.7 Å². The van der Waals surface area contributed by atoms with Gasteiger partial charge in [-0.05, 0) is 6.92 Å². The van der Waals surface area contributed by atoms with Crippen LogP contribution in [0.25, 0.3) is 0 Å². The van der Waals surface area contributed by atoms with Gasteiger partial charge in [-0.1, -0.05) is 0 Å². The fraction of sp³-hybridized carbons (Fsp3) is 0.556. The standard InChI is InChI=1S/C9H8F6N2O2/c1-2-18-7-16-3-5(9(13,14)15)6(17-7)19-4-8(10,11)12/h3H,2,4H2,1H3. The number of halogens is 6. The van der Waals surface area contributed by atoms with E-state index < -0.39 is 36.4 Å². The molecular weight excluding hydrogens is 282 g/mol. The van der Waals surface area contributed by atoms with Crippen molar-refractivity contribution in [3.8, 4) is 11.9 Å². The number of rotatable bonds is 4. The fourth-order valence-corrected chi connectivity index (χ4v) is 1.00. The summed E-state index contributed by atoms with van der Waals surface area (Å²) in [6, 6.07) is -0.493. The van der Waals surface area contributed by atoms with Crippen molar-refractivity contribution in [2.45, 2.75) is 19.3 Å². The lowest BCUT2D eigenvalue weighted by atomic mass is 10.3. The van der Waals surface area contributed by atoms with Gasteiger partial charge in [-0.2, -0.15) is 31.3 Å². The molecule has 1 aromatic heterocycles. The molecule has 0 aliphatic carbocycles. The third-order valence-corrected chi connectivity index (χ3v) is 1.68.